The van der Waals surface area contributed by atoms with Gasteiger partial charge in [0.25, 0.3) is 5.91 Å². The zero-order chi connectivity index (χ0) is 17.8. The van der Waals surface area contributed by atoms with E-state index >= 15 is 0 Å². The van der Waals surface area contributed by atoms with Crippen LogP contribution in [0.1, 0.15) is 47.5 Å². The number of hydrogen-bond acceptors (Lipinski definition) is 4. The Morgan fingerprint density at radius 3 is 2.40 bits per heavy atom. The fourth-order valence-corrected chi connectivity index (χ4v) is 2.95. The molecule has 0 radical (unpaired) electrons. The third-order valence-corrected chi connectivity index (χ3v) is 4.63. The van der Waals surface area contributed by atoms with E-state index in [1.165, 1.54) is 0 Å². The number of nitrogens with zero attached hydrogens (tertiary/aromatic N) is 2. The molecule has 1 amide bonds. The van der Waals surface area contributed by atoms with Gasteiger partial charge < -0.3 is 10.2 Å². The van der Waals surface area contributed by atoms with E-state index < -0.39 is 0 Å². The van der Waals surface area contributed by atoms with Gasteiger partial charge in [-0.05, 0) is 62.1 Å². The number of piperidine rings is 1. The molecule has 1 aromatic carbocycles. The van der Waals surface area contributed by atoms with Gasteiger partial charge in [-0.25, -0.2) is 0 Å². The maximum Gasteiger partial charge on any atom is 0.272 e. The van der Waals surface area contributed by atoms with Crippen molar-refractivity contribution in [2.45, 2.75) is 26.7 Å². The first-order valence-corrected chi connectivity index (χ1v) is 8.66. The maximum atomic E-state index is 12.6. The van der Waals surface area contributed by atoms with Crippen LogP contribution in [0.3, 0.4) is 0 Å². The smallest absolute Gasteiger partial charge is 0.272 e. The van der Waals surface area contributed by atoms with E-state index in [-0.39, 0.29) is 11.7 Å². The highest BCUT2D eigenvalue weighted by molar-refractivity contribution is 5.95. The van der Waals surface area contributed by atoms with Crippen molar-refractivity contribution in [2.75, 3.05) is 18.4 Å². The number of aromatic nitrogens is 1. The number of amides is 1. The topological polar surface area (TPSA) is 62.3 Å². The molecule has 25 heavy (non-hydrogen) atoms. The van der Waals surface area contributed by atoms with Crippen LogP contribution in [-0.4, -0.2) is 34.7 Å². The highest BCUT2D eigenvalue weighted by Gasteiger charge is 2.22. The molecule has 1 aliphatic heterocycles. The maximum absolute atomic E-state index is 12.6. The van der Waals surface area contributed by atoms with Crippen LogP contribution >= 0.6 is 0 Å². The molecule has 0 unspecified atom stereocenters. The number of pyridine rings is 1. The van der Waals surface area contributed by atoms with Crippen LogP contribution in [0.4, 0.5) is 11.4 Å². The Morgan fingerprint density at radius 2 is 1.76 bits per heavy atom. The van der Waals surface area contributed by atoms with E-state index in [1.807, 2.05) is 23.1 Å². The Bertz CT molecular complexity index is 763. The van der Waals surface area contributed by atoms with Gasteiger partial charge in [-0.1, -0.05) is 6.92 Å². The lowest BCUT2D eigenvalue weighted by Crippen LogP contribution is -2.38. The van der Waals surface area contributed by atoms with Gasteiger partial charge in [0, 0.05) is 36.2 Å². The SMILES string of the molecule is CC(=O)c1ccc(Nc2ccnc(C(=O)N3CCC(C)CC3)c2)cc1. The summed E-state index contributed by atoms with van der Waals surface area (Å²) in [5.41, 5.74) is 2.80. The van der Waals surface area contributed by atoms with Gasteiger partial charge >= 0.3 is 0 Å². The number of carbonyl (C=O) groups is 2. The Balaban J connectivity index is 1.70. The summed E-state index contributed by atoms with van der Waals surface area (Å²) < 4.78 is 0. The summed E-state index contributed by atoms with van der Waals surface area (Å²) in [5.74, 6) is 0.713. The molecule has 1 aliphatic rings. The summed E-state index contributed by atoms with van der Waals surface area (Å²) in [6.07, 6.45) is 3.74. The lowest BCUT2D eigenvalue weighted by atomic mass is 9.99. The number of benzene rings is 1. The van der Waals surface area contributed by atoms with Crippen molar-refractivity contribution < 1.29 is 9.59 Å². The number of carbonyl (C=O) groups excluding carboxylic acids is 2. The van der Waals surface area contributed by atoms with Gasteiger partial charge in [0.05, 0.1) is 0 Å². The van der Waals surface area contributed by atoms with Gasteiger partial charge in [0.1, 0.15) is 5.69 Å². The van der Waals surface area contributed by atoms with E-state index in [0.29, 0.717) is 17.2 Å². The number of rotatable bonds is 4. The third kappa shape index (κ3) is 4.24. The van der Waals surface area contributed by atoms with E-state index in [0.717, 1.165) is 37.3 Å². The van der Waals surface area contributed by atoms with Crippen LogP contribution in [0, 0.1) is 5.92 Å². The Morgan fingerprint density at radius 1 is 1.08 bits per heavy atom. The van der Waals surface area contributed by atoms with Crippen molar-refractivity contribution in [2.24, 2.45) is 5.92 Å². The predicted molar refractivity (Wildman–Crippen MR) is 98.3 cm³/mol. The van der Waals surface area contributed by atoms with Crippen LogP contribution in [0.15, 0.2) is 42.6 Å². The van der Waals surface area contributed by atoms with Crippen molar-refractivity contribution in [1.29, 1.82) is 0 Å². The first kappa shape index (κ1) is 17.1. The number of nitrogens with one attached hydrogen (secondary N) is 1. The largest absolute Gasteiger partial charge is 0.355 e. The first-order chi connectivity index (χ1) is 12.0. The fraction of sp³-hybridized carbons (Fsp3) is 0.350. The minimum Gasteiger partial charge on any atom is -0.355 e. The second-order valence-corrected chi connectivity index (χ2v) is 6.66. The summed E-state index contributed by atoms with van der Waals surface area (Å²) in [6, 6.07) is 10.9. The van der Waals surface area contributed by atoms with Gasteiger partial charge in [-0.3, -0.25) is 14.6 Å². The molecule has 0 spiro atoms. The fourth-order valence-electron chi connectivity index (χ4n) is 2.95. The highest BCUT2D eigenvalue weighted by Crippen LogP contribution is 2.21. The predicted octanol–water partition coefficient (Wildman–Crippen LogP) is 3.90. The van der Waals surface area contributed by atoms with E-state index in [9.17, 15) is 9.59 Å². The van der Waals surface area contributed by atoms with Crippen LogP contribution in [-0.2, 0) is 0 Å². The second kappa shape index (κ2) is 7.47. The summed E-state index contributed by atoms with van der Waals surface area (Å²) in [5, 5.41) is 3.25. The lowest BCUT2D eigenvalue weighted by molar-refractivity contribution is 0.0691. The van der Waals surface area contributed by atoms with Crippen molar-refractivity contribution >= 4 is 23.1 Å². The molecule has 5 nitrogen and oxygen atoms in total. The molecule has 2 heterocycles. The molecular weight excluding hydrogens is 314 g/mol. The Hall–Kier alpha value is -2.69. The van der Waals surface area contributed by atoms with Crippen molar-refractivity contribution in [1.82, 2.24) is 9.88 Å². The van der Waals surface area contributed by atoms with Crippen LogP contribution < -0.4 is 5.32 Å². The normalized spacial score (nSPS) is 15.0. The average molecular weight is 337 g/mol. The number of anilines is 2. The van der Waals surface area contributed by atoms with Gasteiger partial charge in [0.15, 0.2) is 5.78 Å². The molecule has 1 fully saturated rings. The molecule has 0 saturated carbocycles. The first-order valence-electron chi connectivity index (χ1n) is 8.66. The molecule has 0 bridgehead atoms. The second-order valence-electron chi connectivity index (χ2n) is 6.66. The number of likely N-dealkylation sites (tertiary alicyclic amines) is 1. The van der Waals surface area contributed by atoms with Crippen molar-refractivity contribution in [3.8, 4) is 0 Å². The molecule has 5 heteroatoms. The van der Waals surface area contributed by atoms with Crippen molar-refractivity contribution in [3.05, 3.63) is 53.9 Å². The number of ketones is 1. The quantitative estimate of drug-likeness (QED) is 0.860. The summed E-state index contributed by atoms with van der Waals surface area (Å²) in [7, 11) is 0. The molecule has 130 valence electrons. The number of hydrogen-bond donors (Lipinski definition) is 1. The van der Waals surface area contributed by atoms with E-state index in [4.69, 9.17) is 0 Å². The summed E-state index contributed by atoms with van der Waals surface area (Å²) in [6.45, 7) is 5.37. The Kier molecular flexibility index (Phi) is 5.12. The zero-order valence-corrected chi connectivity index (χ0v) is 14.7. The highest BCUT2D eigenvalue weighted by atomic mass is 16.2. The standard InChI is InChI=1S/C20H23N3O2/c1-14-8-11-23(12-9-14)20(25)19-13-18(7-10-21-19)22-17-5-3-16(4-6-17)15(2)24/h3-7,10,13-14H,8-9,11-12H2,1-2H3,(H,21,22). The minimum atomic E-state index is -0.0116. The van der Waals surface area contributed by atoms with Crippen molar-refractivity contribution in [3.63, 3.8) is 0 Å². The van der Waals surface area contributed by atoms with Crippen LogP contribution in [0.25, 0.3) is 0 Å². The molecule has 1 aromatic heterocycles. The molecule has 2 aromatic rings. The molecule has 0 atom stereocenters. The van der Waals surface area contributed by atoms with Crippen LogP contribution in [0.2, 0.25) is 0 Å². The number of Topliss-reactive ketones (excluding diaryl/α,β-unsaturated/α-hetero) is 1. The third-order valence-electron chi connectivity index (χ3n) is 4.63. The van der Waals surface area contributed by atoms with Gasteiger partial charge in [-0.15, -0.1) is 0 Å². The molecule has 0 aliphatic carbocycles. The van der Waals surface area contributed by atoms with E-state index in [1.54, 1.807) is 31.3 Å². The monoisotopic (exact) mass is 337 g/mol. The lowest BCUT2D eigenvalue weighted by Gasteiger charge is -2.30. The average Bonchev–Trinajstić information content (AvgIpc) is 2.62. The zero-order valence-electron chi connectivity index (χ0n) is 14.7. The van der Waals surface area contributed by atoms with E-state index in [2.05, 4.69) is 17.2 Å². The Labute approximate surface area is 148 Å². The molecular formula is C20H23N3O2. The molecule has 3 rings (SSSR count). The summed E-state index contributed by atoms with van der Waals surface area (Å²) >= 11 is 0. The molecule has 1 saturated heterocycles. The van der Waals surface area contributed by atoms with Crippen LogP contribution in [0.5, 0.6) is 0 Å². The van der Waals surface area contributed by atoms with Gasteiger partial charge in [0.2, 0.25) is 0 Å². The molecule has 1 N–H and O–H groups in total. The summed E-state index contributed by atoms with van der Waals surface area (Å²) in [4.78, 5) is 30.1. The minimum absolute atomic E-state index is 0.0116. The van der Waals surface area contributed by atoms with Gasteiger partial charge in [-0.2, -0.15) is 0 Å².